The van der Waals surface area contributed by atoms with Gasteiger partial charge in [0.2, 0.25) is 0 Å². The lowest BCUT2D eigenvalue weighted by Gasteiger charge is -2.63. The van der Waals surface area contributed by atoms with E-state index in [1.807, 2.05) is 12.2 Å². The Bertz CT molecular complexity index is 1020. The summed E-state index contributed by atoms with van der Waals surface area (Å²) in [5.41, 5.74) is -0.526. The van der Waals surface area contributed by atoms with Gasteiger partial charge in [-0.3, -0.25) is 14.8 Å². The highest BCUT2D eigenvalue weighted by Gasteiger charge is 2.71. The molecule has 3 saturated carbocycles. The molecule has 0 spiro atoms. The minimum Gasteiger partial charge on any atom is -0.462 e. The van der Waals surface area contributed by atoms with Gasteiger partial charge in [0.05, 0.1) is 12.0 Å². The molecule has 0 aromatic carbocycles. The summed E-state index contributed by atoms with van der Waals surface area (Å²) < 4.78 is 6.02. The molecule has 2 N–H and O–H groups in total. The minimum atomic E-state index is -0.811. The van der Waals surface area contributed by atoms with Crippen LogP contribution in [0, 0.1) is 45.3 Å². The largest absolute Gasteiger partial charge is 0.462 e. The van der Waals surface area contributed by atoms with Crippen LogP contribution in [-0.4, -0.2) is 39.9 Å². The Morgan fingerprint density at radius 3 is 2.50 bits per heavy atom. The van der Waals surface area contributed by atoms with Gasteiger partial charge in [0.25, 0.3) is 0 Å². The second-order valence-corrected chi connectivity index (χ2v) is 14.3. The van der Waals surface area contributed by atoms with Crippen LogP contribution in [0.5, 0.6) is 0 Å². The van der Waals surface area contributed by atoms with Crippen molar-refractivity contribution < 1.29 is 29.6 Å². The first-order chi connectivity index (χ1) is 16.6. The molecule has 0 aromatic rings. The molecule has 1 aliphatic heterocycles. The molecule has 0 amide bonds. The van der Waals surface area contributed by atoms with Gasteiger partial charge in [0.15, 0.2) is 5.78 Å². The average molecular weight is 501 g/mol. The van der Waals surface area contributed by atoms with E-state index in [-0.39, 0.29) is 51.9 Å². The molecule has 36 heavy (non-hydrogen) atoms. The predicted molar refractivity (Wildman–Crippen MR) is 136 cm³/mol. The van der Waals surface area contributed by atoms with Gasteiger partial charge >= 0.3 is 5.97 Å². The monoisotopic (exact) mass is 500 g/mol. The predicted octanol–water partition coefficient (Wildman–Crippen LogP) is 5.50. The highest BCUT2D eigenvalue weighted by Crippen LogP contribution is 2.74. The lowest BCUT2D eigenvalue weighted by Crippen LogP contribution is -2.60. The van der Waals surface area contributed by atoms with Crippen molar-refractivity contribution in [3.63, 3.8) is 0 Å². The van der Waals surface area contributed by atoms with Crippen molar-refractivity contribution in [3.05, 3.63) is 23.8 Å². The molecule has 4 aliphatic carbocycles. The number of ether oxygens (including phenoxy) is 1. The standard InChI is InChI=1S/C30H44O6/c1-26(2,36-34)12-8-9-17-23-21(35-25(17)33)16-30(7)19-15-20(31)24-27(3,4)22(32)11-13-28(24,5)18(19)10-14-29(23,30)6/h8,12,15,17-18,21-24,32,34H,9-11,13-14,16H2,1-7H3/b12-8+/t17-,18+,21+,22+,23-,24+,28-,29+,30-/m1/s1. The van der Waals surface area contributed by atoms with E-state index >= 15 is 0 Å². The van der Waals surface area contributed by atoms with E-state index in [9.17, 15) is 14.7 Å². The number of hydrogen-bond acceptors (Lipinski definition) is 6. The van der Waals surface area contributed by atoms with Crippen LogP contribution in [0.25, 0.3) is 0 Å². The van der Waals surface area contributed by atoms with Gasteiger partial charge in [-0.2, -0.15) is 0 Å². The van der Waals surface area contributed by atoms with Crippen LogP contribution in [0.3, 0.4) is 0 Å². The van der Waals surface area contributed by atoms with Gasteiger partial charge in [0.1, 0.15) is 11.7 Å². The van der Waals surface area contributed by atoms with Crippen molar-refractivity contribution in [2.24, 2.45) is 45.3 Å². The maximum atomic E-state index is 13.8. The highest BCUT2D eigenvalue weighted by atomic mass is 17.1. The van der Waals surface area contributed by atoms with Crippen LogP contribution in [-0.2, 0) is 19.2 Å². The van der Waals surface area contributed by atoms with Crippen LogP contribution in [0.2, 0.25) is 0 Å². The third-order valence-corrected chi connectivity index (χ3v) is 11.7. The van der Waals surface area contributed by atoms with Crippen molar-refractivity contribution in [3.8, 4) is 0 Å². The van der Waals surface area contributed by atoms with E-state index in [1.165, 1.54) is 5.57 Å². The van der Waals surface area contributed by atoms with Crippen LogP contribution < -0.4 is 0 Å². The summed E-state index contributed by atoms with van der Waals surface area (Å²) in [5, 5.41) is 19.9. The van der Waals surface area contributed by atoms with Crippen molar-refractivity contribution >= 4 is 11.8 Å². The van der Waals surface area contributed by atoms with Crippen molar-refractivity contribution in [1.82, 2.24) is 0 Å². The number of fused-ring (bicyclic) bond motifs is 7. The third-order valence-electron chi connectivity index (χ3n) is 11.7. The number of hydrogen-bond donors (Lipinski definition) is 2. The first-order valence-corrected chi connectivity index (χ1v) is 13.8. The summed E-state index contributed by atoms with van der Waals surface area (Å²) in [6.07, 6.45) is 9.97. The molecule has 200 valence electrons. The second-order valence-electron chi connectivity index (χ2n) is 14.3. The second kappa shape index (κ2) is 8.00. The molecule has 6 heteroatoms. The van der Waals surface area contributed by atoms with Crippen molar-refractivity contribution in [1.29, 1.82) is 0 Å². The summed E-state index contributed by atoms with van der Waals surface area (Å²) in [4.78, 5) is 31.3. The molecule has 1 saturated heterocycles. The lowest BCUT2D eigenvalue weighted by molar-refractivity contribution is -0.297. The number of ketones is 1. The zero-order chi connectivity index (χ0) is 26.5. The Balaban J connectivity index is 1.51. The first-order valence-electron chi connectivity index (χ1n) is 13.8. The summed E-state index contributed by atoms with van der Waals surface area (Å²) >= 11 is 0. The summed E-state index contributed by atoms with van der Waals surface area (Å²) in [6, 6.07) is 0. The number of esters is 1. The average Bonchev–Trinajstić information content (AvgIpc) is 3.20. The van der Waals surface area contributed by atoms with Crippen molar-refractivity contribution in [2.75, 3.05) is 0 Å². The van der Waals surface area contributed by atoms with E-state index in [1.54, 1.807) is 19.9 Å². The molecule has 5 aliphatic rings. The topological polar surface area (TPSA) is 93.1 Å². The van der Waals surface area contributed by atoms with Crippen LogP contribution in [0.4, 0.5) is 0 Å². The Hall–Kier alpha value is -1.50. The van der Waals surface area contributed by atoms with Gasteiger partial charge in [-0.1, -0.05) is 52.3 Å². The fourth-order valence-corrected chi connectivity index (χ4v) is 9.64. The Labute approximate surface area is 215 Å². The molecular weight excluding hydrogens is 456 g/mol. The summed E-state index contributed by atoms with van der Waals surface area (Å²) in [7, 11) is 0. The lowest BCUT2D eigenvalue weighted by atomic mass is 9.40. The fourth-order valence-electron chi connectivity index (χ4n) is 9.64. The van der Waals surface area contributed by atoms with Crippen molar-refractivity contribution in [2.45, 2.75) is 105 Å². The quantitative estimate of drug-likeness (QED) is 0.229. The molecule has 4 fully saturated rings. The minimum absolute atomic E-state index is 0.0879. The molecule has 0 bridgehead atoms. The van der Waals surface area contributed by atoms with E-state index in [0.29, 0.717) is 12.3 Å². The molecule has 1 heterocycles. The van der Waals surface area contributed by atoms with Crippen LogP contribution in [0.15, 0.2) is 23.8 Å². The number of aliphatic hydroxyl groups is 1. The van der Waals surface area contributed by atoms with E-state index < -0.39 is 17.1 Å². The van der Waals surface area contributed by atoms with Gasteiger partial charge in [-0.15, -0.1) is 0 Å². The number of aliphatic hydroxyl groups excluding tert-OH is 1. The molecule has 9 atom stereocenters. The fraction of sp³-hybridized carbons (Fsp3) is 0.800. The van der Waals surface area contributed by atoms with Gasteiger partial charge in [-0.05, 0) is 80.6 Å². The smallest absolute Gasteiger partial charge is 0.309 e. The normalized spacial score (nSPS) is 47.6. The Kier molecular flexibility index (Phi) is 5.81. The Morgan fingerprint density at radius 2 is 1.83 bits per heavy atom. The van der Waals surface area contributed by atoms with Crippen LogP contribution >= 0.6 is 0 Å². The summed E-state index contributed by atoms with van der Waals surface area (Å²) in [5.74, 6) is 0.00914. The van der Waals surface area contributed by atoms with Crippen LogP contribution in [0.1, 0.15) is 87.0 Å². The maximum Gasteiger partial charge on any atom is 0.309 e. The number of carbonyl (C=O) groups excluding carboxylic acids is 2. The number of rotatable bonds is 4. The molecule has 5 rings (SSSR count). The zero-order valence-electron chi connectivity index (χ0n) is 23.0. The van der Waals surface area contributed by atoms with Gasteiger partial charge in [0, 0.05) is 17.3 Å². The van der Waals surface area contributed by atoms with Gasteiger partial charge in [-0.25, -0.2) is 4.89 Å². The Morgan fingerprint density at radius 1 is 1.14 bits per heavy atom. The maximum absolute atomic E-state index is 13.8. The molecular formula is C30H44O6. The molecule has 0 unspecified atom stereocenters. The van der Waals surface area contributed by atoms with Gasteiger partial charge < -0.3 is 9.84 Å². The first kappa shape index (κ1) is 26.1. The molecule has 0 radical (unpaired) electrons. The van der Waals surface area contributed by atoms with E-state index in [4.69, 9.17) is 9.99 Å². The SMILES string of the molecule is CC(C)(/C=C/C[C@H]1C(=O)O[C@H]2C[C@]3(C)C4=CC(=O)[C@H]5C(C)(C)[C@@H](O)CC[C@]5(C)[C@H]4CC[C@@]3(C)[C@@H]21)OO. The summed E-state index contributed by atoms with van der Waals surface area (Å²) in [6.45, 7) is 14.6. The zero-order valence-corrected chi connectivity index (χ0v) is 23.0. The third kappa shape index (κ3) is 3.32. The van der Waals surface area contributed by atoms with E-state index in [2.05, 4.69) is 39.5 Å². The number of allylic oxidation sites excluding steroid dienone is 3. The molecule has 6 nitrogen and oxygen atoms in total. The number of carbonyl (C=O) groups is 2. The highest BCUT2D eigenvalue weighted by molar-refractivity contribution is 5.95. The van der Waals surface area contributed by atoms with E-state index in [0.717, 1.165) is 32.1 Å². The molecule has 0 aromatic heterocycles.